The summed E-state index contributed by atoms with van der Waals surface area (Å²) in [7, 11) is 0. The molecule has 0 saturated carbocycles. The van der Waals surface area contributed by atoms with Crippen LogP contribution >= 0.6 is 11.8 Å². The molecule has 0 unspecified atom stereocenters. The van der Waals surface area contributed by atoms with E-state index in [0.717, 1.165) is 28.8 Å². The number of thioether (sulfide) groups is 1. The van der Waals surface area contributed by atoms with Crippen LogP contribution in [0.15, 0.2) is 53.6 Å². The lowest BCUT2D eigenvalue weighted by Gasteiger charge is -2.29. The van der Waals surface area contributed by atoms with Gasteiger partial charge in [0.1, 0.15) is 5.75 Å². The number of anilines is 1. The van der Waals surface area contributed by atoms with E-state index in [1.807, 2.05) is 55.5 Å². The Bertz CT molecular complexity index is 1120. The number of hydrazone groups is 1. The Labute approximate surface area is 190 Å². The van der Waals surface area contributed by atoms with Crippen molar-refractivity contribution in [2.45, 2.75) is 32.1 Å². The predicted octanol–water partition coefficient (Wildman–Crippen LogP) is 2.97. The molecule has 2 heterocycles. The quantitative estimate of drug-likeness (QED) is 0.705. The second-order valence-corrected chi connectivity index (χ2v) is 8.84. The van der Waals surface area contributed by atoms with Crippen molar-refractivity contribution in [2.24, 2.45) is 5.10 Å². The number of amidine groups is 1. The fourth-order valence-corrected chi connectivity index (χ4v) is 5.24. The van der Waals surface area contributed by atoms with Gasteiger partial charge in [0.25, 0.3) is 5.91 Å². The van der Waals surface area contributed by atoms with Crippen LogP contribution in [-0.2, 0) is 19.3 Å². The van der Waals surface area contributed by atoms with Crippen molar-refractivity contribution >= 4 is 40.3 Å². The molecule has 9 heteroatoms. The van der Waals surface area contributed by atoms with E-state index in [4.69, 9.17) is 4.74 Å². The Morgan fingerprint density at radius 3 is 2.66 bits per heavy atom. The van der Waals surface area contributed by atoms with E-state index in [9.17, 15) is 14.4 Å². The minimum atomic E-state index is -1.36. The van der Waals surface area contributed by atoms with Gasteiger partial charge in [-0.05, 0) is 48.9 Å². The third-order valence-corrected chi connectivity index (χ3v) is 6.43. The first kappa shape index (κ1) is 21.9. The number of hydrogen-bond acceptors (Lipinski definition) is 6. The van der Waals surface area contributed by atoms with Gasteiger partial charge in [0.15, 0.2) is 5.17 Å². The van der Waals surface area contributed by atoms with Crippen molar-refractivity contribution in [3.05, 3.63) is 59.7 Å². The number of carbonyl (C=O) groups is 3. The standard InChI is InChI=1S/C23H24N4O4S/c1-15-8-6-9-18(14-15)31-13-7-12-26-20-11-5-4-10-19(20)23(21(26)30)27(17(3)29)25-22(32-23)24-16(2)28/h4-6,8-11,14H,7,12-13H2,1-3H3,(H,24,25,28)/t23-/m1/s1. The topological polar surface area (TPSA) is 91.3 Å². The fraction of sp³-hybridized carbons (Fsp3) is 0.304. The van der Waals surface area contributed by atoms with Crippen LogP contribution in [0.3, 0.4) is 0 Å². The van der Waals surface area contributed by atoms with Crippen LogP contribution in [-0.4, -0.2) is 41.0 Å². The summed E-state index contributed by atoms with van der Waals surface area (Å²) in [6.07, 6.45) is 0.605. The highest BCUT2D eigenvalue weighted by molar-refractivity contribution is 8.15. The summed E-state index contributed by atoms with van der Waals surface area (Å²) in [5.74, 6) is -0.179. The predicted molar refractivity (Wildman–Crippen MR) is 123 cm³/mol. The Morgan fingerprint density at radius 1 is 1.16 bits per heavy atom. The van der Waals surface area contributed by atoms with Crippen molar-refractivity contribution in [2.75, 3.05) is 18.1 Å². The van der Waals surface area contributed by atoms with E-state index in [2.05, 4.69) is 10.4 Å². The van der Waals surface area contributed by atoms with Gasteiger partial charge >= 0.3 is 0 Å². The molecule has 0 saturated heterocycles. The molecule has 2 aliphatic rings. The summed E-state index contributed by atoms with van der Waals surface area (Å²) in [5, 5.41) is 8.26. The first-order valence-electron chi connectivity index (χ1n) is 10.3. The van der Waals surface area contributed by atoms with Gasteiger partial charge in [-0.2, -0.15) is 5.01 Å². The summed E-state index contributed by atoms with van der Waals surface area (Å²) >= 11 is 1.08. The smallest absolute Gasteiger partial charge is 0.270 e. The highest BCUT2D eigenvalue weighted by Crippen LogP contribution is 2.54. The Hall–Kier alpha value is -3.33. The lowest BCUT2D eigenvalue weighted by molar-refractivity contribution is -0.139. The zero-order chi connectivity index (χ0) is 22.9. The van der Waals surface area contributed by atoms with Gasteiger partial charge in [0.05, 0.1) is 12.3 Å². The number of benzene rings is 2. The monoisotopic (exact) mass is 452 g/mol. The lowest BCUT2D eigenvalue weighted by Crippen LogP contribution is -2.48. The largest absolute Gasteiger partial charge is 0.494 e. The second-order valence-electron chi connectivity index (χ2n) is 7.66. The van der Waals surface area contributed by atoms with Crippen LogP contribution in [0, 0.1) is 6.92 Å². The summed E-state index contributed by atoms with van der Waals surface area (Å²) < 4.78 is 5.83. The molecular formula is C23H24N4O4S. The van der Waals surface area contributed by atoms with Gasteiger partial charge in [-0.1, -0.05) is 30.3 Å². The first-order chi connectivity index (χ1) is 15.3. The van der Waals surface area contributed by atoms with Crippen molar-refractivity contribution < 1.29 is 19.1 Å². The van der Waals surface area contributed by atoms with Gasteiger partial charge in [-0.25, -0.2) is 0 Å². The molecule has 1 spiro atoms. The third-order valence-electron chi connectivity index (χ3n) is 5.19. The molecule has 2 aromatic rings. The zero-order valence-electron chi connectivity index (χ0n) is 18.1. The Balaban J connectivity index is 1.55. The summed E-state index contributed by atoms with van der Waals surface area (Å²) in [5.41, 5.74) is 2.52. The fourth-order valence-electron chi connectivity index (χ4n) is 3.90. The lowest BCUT2D eigenvalue weighted by atomic mass is 10.1. The number of rotatable bonds is 5. The molecule has 166 valence electrons. The minimum absolute atomic E-state index is 0.223. The first-order valence-corrected chi connectivity index (χ1v) is 11.1. The number of hydrogen-bond donors (Lipinski definition) is 1. The molecule has 0 fully saturated rings. The molecule has 2 aromatic carbocycles. The molecule has 2 aliphatic heterocycles. The zero-order valence-corrected chi connectivity index (χ0v) is 18.9. The Morgan fingerprint density at radius 2 is 1.94 bits per heavy atom. The number of para-hydroxylation sites is 1. The molecule has 0 aliphatic carbocycles. The highest BCUT2D eigenvalue weighted by atomic mass is 32.2. The average Bonchev–Trinajstić information content (AvgIpc) is 3.23. The molecule has 1 atom stereocenters. The van der Waals surface area contributed by atoms with E-state index in [1.165, 1.54) is 18.9 Å². The van der Waals surface area contributed by atoms with Crippen LogP contribution in [0.1, 0.15) is 31.4 Å². The van der Waals surface area contributed by atoms with E-state index in [1.54, 1.807) is 4.90 Å². The SMILES string of the molecule is CC(=O)NC1=NN(C(C)=O)[C@]2(S1)C(=O)N(CCCOc1cccc(C)c1)c1ccccc12. The summed E-state index contributed by atoms with van der Waals surface area (Å²) in [4.78, 5) is 38.0. The maximum atomic E-state index is 13.7. The highest BCUT2D eigenvalue weighted by Gasteiger charge is 2.60. The normalized spacial score (nSPS) is 19.2. The average molecular weight is 453 g/mol. The molecule has 0 bridgehead atoms. The van der Waals surface area contributed by atoms with E-state index in [-0.39, 0.29) is 22.9 Å². The molecule has 3 amide bonds. The molecule has 0 radical (unpaired) electrons. The number of amides is 3. The number of aryl methyl sites for hydroxylation is 1. The molecule has 1 N–H and O–H groups in total. The van der Waals surface area contributed by atoms with E-state index in [0.29, 0.717) is 25.1 Å². The molecule has 32 heavy (non-hydrogen) atoms. The van der Waals surface area contributed by atoms with E-state index >= 15 is 0 Å². The van der Waals surface area contributed by atoms with Crippen LogP contribution in [0.5, 0.6) is 5.75 Å². The van der Waals surface area contributed by atoms with E-state index < -0.39 is 4.87 Å². The van der Waals surface area contributed by atoms with Gasteiger partial charge in [0.2, 0.25) is 16.7 Å². The van der Waals surface area contributed by atoms with Gasteiger partial charge in [-0.15, -0.1) is 5.10 Å². The third kappa shape index (κ3) is 3.84. The van der Waals surface area contributed by atoms with Crippen molar-refractivity contribution in [1.29, 1.82) is 0 Å². The maximum absolute atomic E-state index is 13.7. The van der Waals surface area contributed by atoms with Crippen LogP contribution < -0.4 is 15.0 Å². The van der Waals surface area contributed by atoms with Crippen molar-refractivity contribution in [3.63, 3.8) is 0 Å². The number of nitrogens with zero attached hydrogens (tertiary/aromatic N) is 3. The molecule has 4 rings (SSSR count). The van der Waals surface area contributed by atoms with Crippen LogP contribution in [0.4, 0.5) is 5.69 Å². The van der Waals surface area contributed by atoms with Gasteiger partial charge < -0.3 is 15.0 Å². The Kier molecular flexibility index (Phi) is 5.92. The van der Waals surface area contributed by atoms with Gasteiger partial charge in [0, 0.05) is 26.0 Å². The van der Waals surface area contributed by atoms with Gasteiger partial charge in [-0.3, -0.25) is 14.4 Å². The summed E-state index contributed by atoms with van der Waals surface area (Å²) in [6.45, 7) is 5.59. The van der Waals surface area contributed by atoms with Crippen LogP contribution in [0.25, 0.3) is 0 Å². The number of fused-ring (bicyclic) bond motifs is 2. The number of carbonyl (C=O) groups excluding carboxylic acids is 3. The molecule has 0 aromatic heterocycles. The second kappa shape index (κ2) is 8.66. The summed E-state index contributed by atoms with van der Waals surface area (Å²) in [6, 6.07) is 15.2. The number of ether oxygens (including phenoxy) is 1. The van der Waals surface area contributed by atoms with Crippen molar-refractivity contribution in [3.8, 4) is 5.75 Å². The minimum Gasteiger partial charge on any atom is -0.494 e. The van der Waals surface area contributed by atoms with Crippen LogP contribution in [0.2, 0.25) is 0 Å². The molecular weight excluding hydrogens is 428 g/mol. The van der Waals surface area contributed by atoms with Crippen molar-refractivity contribution in [1.82, 2.24) is 10.3 Å². The number of nitrogens with one attached hydrogen (secondary N) is 1. The maximum Gasteiger partial charge on any atom is 0.270 e. The molecule has 8 nitrogen and oxygen atoms in total.